The minimum atomic E-state index is -0.302. The number of carbonyl (C=O) groups excluding carboxylic acids is 2. The predicted octanol–water partition coefficient (Wildman–Crippen LogP) is 2.73. The van der Waals surface area contributed by atoms with Crippen LogP contribution in [-0.4, -0.2) is 43.1 Å². The summed E-state index contributed by atoms with van der Waals surface area (Å²) in [5, 5.41) is 5.53. The van der Waals surface area contributed by atoms with Gasteiger partial charge < -0.3 is 20.3 Å². The normalized spacial score (nSPS) is 14.0. The van der Waals surface area contributed by atoms with Crippen molar-refractivity contribution in [1.29, 1.82) is 0 Å². The first kappa shape index (κ1) is 17.0. The predicted molar refractivity (Wildman–Crippen MR) is 96.6 cm³/mol. The first-order valence-corrected chi connectivity index (χ1v) is 8.28. The van der Waals surface area contributed by atoms with Crippen molar-refractivity contribution in [3.8, 4) is 0 Å². The van der Waals surface area contributed by atoms with Gasteiger partial charge in [0, 0.05) is 24.5 Å². The maximum Gasteiger partial charge on any atom is 0.323 e. The average Bonchev–Trinajstić information content (AvgIpc) is 2.65. The van der Waals surface area contributed by atoms with Crippen LogP contribution in [0.1, 0.15) is 5.56 Å². The number of morpholine rings is 1. The first-order valence-electron chi connectivity index (χ1n) is 8.28. The van der Waals surface area contributed by atoms with Crippen molar-refractivity contribution in [2.45, 2.75) is 6.42 Å². The highest BCUT2D eigenvalue weighted by Crippen LogP contribution is 2.13. The van der Waals surface area contributed by atoms with Crippen LogP contribution in [0.5, 0.6) is 0 Å². The Morgan fingerprint density at radius 1 is 0.880 bits per heavy atom. The molecule has 2 aromatic carbocycles. The molecule has 6 heteroatoms. The van der Waals surface area contributed by atoms with Crippen LogP contribution in [-0.2, 0) is 16.0 Å². The molecule has 1 aliphatic rings. The number of hydrogen-bond acceptors (Lipinski definition) is 3. The number of nitrogens with one attached hydrogen (secondary N) is 2. The molecular formula is C19H21N3O3. The van der Waals surface area contributed by atoms with Gasteiger partial charge >= 0.3 is 6.03 Å². The van der Waals surface area contributed by atoms with Crippen molar-refractivity contribution in [3.63, 3.8) is 0 Å². The number of para-hydroxylation sites is 1. The zero-order valence-corrected chi connectivity index (χ0v) is 13.9. The Morgan fingerprint density at radius 3 is 2.12 bits per heavy atom. The molecule has 130 valence electrons. The minimum absolute atomic E-state index is 0.103. The van der Waals surface area contributed by atoms with Crippen molar-refractivity contribution in [2.75, 3.05) is 36.9 Å². The molecule has 6 nitrogen and oxygen atoms in total. The van der Waals surface area contributed by atoms with E-state index < -0.39 is 0 Å². The number of benzene rings is 2. The molecule has 0 spiro atoms. The molecule has 3 amide bonds. The monoisotopic (exact) mass is 339 g/mol. The molecular weight excluding hydrogens is 318 g/mol. The quantitative estimate of drug-likeness (QED) is 0.900. The van der Waals surface area contributed by atoms with Gasteiger partial charge in [0.1, 0.15) is 0 Å². The number of ether oxygens (including phenoxy) is 1. The van der Waals surface area contributed by atoms with Gasteiger partial charge in [0.05, 0.1) is 19.6 Å². The molecule has 1 saturated heterocycles. The third-order valence-corrected chi connectivity index (χ3v) is 3.96. The second-order valence-corrected chi connectivity index (χ2v) is 5.81. The Hall–Kier alpha value is -2.86. The topological polar surface area (TPSA) is 70.7 Å². The third-order valence-electron chi connectivity index (χ3n) is 3.96. The SMILES string of the molecule is O=C(Nc1ccccc1)Nc1ccc(CC(=O)N2CCOCC2)cc1. The van der Waals surface area contributed by atoms with E-state index in [1.807, 2.05) is 47.4 Å². The highest BCUT2D eigenvalue weighted by atomic mass is 16.5. The van der Waals surface area contributed by atoms with Crippen LogP contribution < -0.4 is 10.6 Å². The summed E-state index contributed by atoms with van der Waals surface area (Å²) in [5.74, 6) is 0.103. The number of nitrogens with zero attached hydrogens (tertiary/aromatic N) is 1. The number of hydrogen-bond donors (Lipinski definition) is 2. The molecule has 0 radical (unpaired) electrons. The van der Waals surface area contributed by atoms with Crippen LogP contribution in [0.4, 0.5) is 16.2 Å². The molecule has 0 aliphatic carbocycles. The summed E-state index contributed by atoms with van der Waals surface area (Å²) in [6.07, 6.45) is 0.358. The molecule has 0 saturated carbocycles. The van der Waals surface area contributed by atoms with E-state index in [9.17, 15) is 9.59 Å². The van der Waals surface area contributed by atoms with Crippen LogP contribution in [0.25, 0.3) is 0 Å². The van der Waals surface area contributed by atoms with E-state index in [1.165, 1.54) is 0 Å². The molecule has 2 N–H and O–H groups in total. The lowest BCUT2D eigenvalue weighted by Crippen LogP contribution is -2.41. The van der Waals surface area contributed by atoms with Gasteiger partial charge in [0.15, 0.2) is 0 Å². The minimum Gasteiger partial charge on any atom is -0.378 e. The molecule has 25 heavy (non-hydrogen) atoms. The summed E-state index contributed by atoms with van der Waals surface area (Å²) in [7, 11) is 0. The van der Waals surface area contributed by atoms with E-state index in [4.69, 9.17) is 4.74 Å². The fourth-order valence-electron chi connectivity index (χ4n) is 2.62. The number of urea groups is 1. The summed E-state index contributed by atoms with van der Waals surface area (Å²) in [6.45, 7) is 2.51. The van der Waals surface area contributed by atoms with Gasteiger partial charge in [0.2, 0.25) is 5.91 Å². The van der Waals surface area contributed by atoms with Crippen LogP contribution in [0.3, 0.4) is 0 Å². The number of carbonyl (C=O) groups is 2. The molecule has 1 fully saturated rings. The fourth-order valence-corrected chi connectivity index (χ4v) is 2.62. The molecule has 0 unspecified atom stereocenters. The number of anilines is 2. The van der Waals surface area contributed by atoms with E-state index in [0.29, 0.717) is 38.4 Å². The maximum absolute atomic E-state index is 12.2. The molecule has 1 heterocycles. The van der Waals surface area contributed by atoms with E-state index in [-0.39, 0.29) is 11.9 Å². The van der Waals surface area contributed by atoms with Crippen molar-refractivity contribution in [1.82, 2.24) is 4.90 Å². The van der Waals surface area contributed by atoms with E-state index >= 15 is 0 Å². The maximum atomic E-state index is 12.2. The summed E-state index contributed by atoms with van der Waals surface area (Å²) in [5.41, 5.74) is 2.33. The first-order chi connectivity index (χ1) is 12.2. The summed E-state index contributed by atoms with van der Waals surface area (Å²) < 4.78 is 5.26. The lowest BCUT2D eigenvalue weighted by atomic mass is 10.1. The van der Waals surface area contributed by atoms with Gasteiger partial charge in [-0.25, -0.2) is 4.79 Å². The van der Waals surface area contributed by atoms with E-state index in [2.05, 4.69) is 10.6 Å². The highest BCUT2D eigenvalue weighted by Gasteiger charge is 2.16. The van der Waals surface area contributed by atoms with Gasteiger partial charge in [-0.2, -0.15) is 0 Å². The Morgan fingerprint density at radius 2 is 1.48 bits per heavy atom. The van der Waals surface area contributed by atoms with Gasteiger partial charge in [-0.05, 0) is 29.8 Å². The summed E-state index contributed by atoms with van der Waals surface area (Å²) >= 11 is 0. The van der Waals surface area contributed by atoms with Crippen LogP contribution >= 0.6 is 0 Å². The van der Waals surface area contributed by atoms with Crippen LogP contribution in [0, 0.1) is 0 Å². The third kappa shape index (κ3) is 5.06. The zero-order valence-electron chi connectivity index (χ0n) is 13.9. The Balaban J connectivity index is 1.51. The number of amides is 3. The Bertz CT molecular complexity index is 710. The molecule has 2 aromatic rings. The Labute approximate surface area is 146 Å². The van der Waals surface area contributed by atoms with Gasteiger partial charge in [-0.1, -0.05) is 30.3 Å². The second-order valence-electron chi connectivity index (χ2n) is 5.81. The zero-order chi connectivity index (χ0) is 17.5. The highest BCUT2D eigenvalue weighted by molar-refractivity contribution is 5.99. The van der Waals surface area contributed by atoms with E-state index in [1.54, 1.807) is 12.1 Å². The Kier molecular flexibility index (Phi) is 5.64. The molecule has 3 rings (SSSR count). The lowest BCUT2D eigenvalue weighted by Gasteiger charge is -2.26. The second kappa shape index (κ2) is 8.30. The molecule has 0 bridgehead atoms. The van der Waals surface area contributed by atoms with Gasteiger partial charge in [0.25, 0.3) is 0 Å². The van der Waals surface area contributed by atoms with Crippen LogP contribution in [0.15, 0.2) is 54.6 Å². The summed E-state index contributed by atoms with van der Waals surface area (Å²) in [6, 6.07) is 16.3. The van der Waals surface area contributed by atoms with Crippen molar-refractivity contribution in [3.05, 3.63) is 60.2 Å². The number of rotatable bonds is 4. The van der Waals surface area contributed by atoms with Gasteiger partial charge in [-0.15, -0.1) is 0 Å². The largest absolute Gasteiger partial charge is 0.378 e. The smallest absolute Gasteiger partial charge is 0.323 e. The standard InChI is InChI=1S/C19H21N3O3/c23-18(22-10-12-25-13-11-22)14-15-6-8-17(9-7-15)21-19(24)20-16-4-2-1-3-5-16/h1-9H,10-14H2,(H2,20,21,24). The molecule has 0 aromatic heterocycles. The molecule has 1 aliphatic heterocycles. The van der Waals surface area contributed by atoms with Crippen molar-refractivity contribution in [2.24, 2.45) is 0 Å². The van der Waals surface area contributed by atoms with E-state index in [0.717, 1.165) is 11.3 Å². The van der Waals surface area contributed by atoms with Crippen molar-refractivity contribution >= 4 is 23.3 Å². The van der Waals surface area contributed by atoms with Crippen LogP contribution in [0.2, 0.25) is 0 Å². The summed E-state index contributed by atoms with van der Waals surface area (Å²) in [4.78, 5) is 26.0. The lowest BCUT2D eigenvalue weighted by molar-refractivity contribution is -0.134. The average molecular weight is 339 g/mol. The van der Waals surface area contributed by atoms with Gasteiger partial charge in [-0.3, -0.25) is 4.79 Å². The van der Waals surface area contributed by atoms with Crippen molar-refractivity contribution < 1.29 is 14.3 Å². The molecule has 0 atom stereocenters. The fraction of sp³-hybridized carbons (Fsp3) is 0.263.